The van der Waals surface area contributed by atoms with Crippen LogP contribution in [0.15, 0.2) is 42.6 Å². The number of hydrogen-bond donors (Lipinski definition) is 1. The van der Waals surface area contributed by atoms with Crippen molar-refractivity contribution in [1.29, 1.82) is 0 Å². The number of benzene rings is 1. The molecule has 12 heteroatoms. The number of carboxylic acids is 1. The molecular weight excluding hydrogens is 590 g/mol. The zero-order chi connectivity index (χ0) is 33.2. The van der Waals surface area contributed by atoms with Crippen molar-refractivity contribution in [2.24, 2.45) is 0 Å². The van der Waals surface area contributed by atoms with Gasteiger partial charge in [-0.1, -0.05) is 6.07 Å². The van der Waals surface area contributed by atoms with Crippen LogP contribution in [-0.2, 0) is 11.7 Å². The summed E-state index contributed by atoms with van der Waals surface area (Å²) in [5.41, 5.74) is 0.142. The number of fused-ring (bicyclic) bond motifs is 1. The molecule has 1 fully saturated rings. The molecule has 0 unspecified atom stereocenters. The summed E-state index contributed by atoms with van der Waals surface area (Å²) in [5, 5.41) is 10.1. The van der Waals surface area contributed by atoms with E-state index in [4.69, 9.17) is 4.98 Å². The molecule has 1 N–H and O–H groups in total. The maximum Gasteiger partial charge on any atom is 0.419 e. The SMILES string of the molecule is Cc1cc(N2CCN(C(=O)c3ccc4c(-c5ccc(C(F)(F)F)c(F)c5)cn(C(C)(C)C)c4n3)C(C)(C)C2)nc(C)c1C(=O)O. The molecule has 1 aliphatic heterocycles. The topological polar surface area (TPSA) is 91.6 Å². The number of aromatic nitrogens is 3. The van der Waals surface area contributed by atoms with Crippen molar-refractivity contribution in [2.45, 2.75) is 65.7 Å². The third-order valence-corrected chi connectivity index (χ3v) is 8.25. The van der Waals surface area contributed by atoms with Gasteiger partial charge in [-0.15, -0.1) is 0 Å². The lowest BCUT2D eigenvalue weighted by Crippen LogP contribution is -2.61. The van der Waals surface area contributed by atoms with Crippen molar-refractivity contribution in [3.05, 3.63) is 76.5 Å². The zero-order valence-electron chi connectivity index (χ0n) is 26.2. The van der Waals surface area contributed by atoms with Crippen molar-refractivity contribution < 1.29 is 32.3 Å². The van der Waals surface area contributed by atoms with Crippen LogP contribution in [0.5, 0.6) is 0 Å². The van der Waals surface area contributed by atoms with Crippen LogP contribution in [0.2, 0.25) is 0 Å². The number of carboxylic acid groups (broad SMARTS) is 1. The van der Waals surface area contributed by atoms with E-state index in [0.717, 1.165) is 12.1 Å². The Labute approximate surface area is 258 Å². The van der Waals surface area contributed by atoms with Crippen LogP contribution < -0.4 is 4.90 Å². The second kappa shape index (κ2) is 10.8. The van der Waals surface area contributed by atoms with Gasteiger partial charge in [-0.05, 0) is 89.9 Å². The highest BCUT2D eigenvalue weighted by Gasteiger charge is 2.39. The average molecular weight is 626 g/mol. The number of halogens is 4. The van der Waals surface area contributed by atoms with E-state index >= 15 is 0 Å². The van der Waals surface area contributed by atoms with Gasteiger partial charge in [0.25, 0.3) is 5.91 Å². The van der Waals surface area contributed by atoms with Crippen molar-refractivity contribution >= 4 is 28.7 Å². The molecule has 45 heavy (non-hydrogen) atoms. The summed E-state index contributed by atoms with van der Waals surface area (Å²) >= 11 is 0. The summed E-state index contributed by atoms with van der Waals surface area (Å²) in [6, 6.07) is 7.88. The minimum absolute atomic E-state index is 0.180. The number of rotatable bonds is 4. The van der Waals surface area contributed by atoms with Crippen LogP contribution in [0.25, 0.3) is 22.2 Å². The third-order valence-electron chi connectivity index (χ3n) is 8.25. The molecule has 0 spiro atoms. The molecule has 0 bridgehead atoms. The maximum atomic E-state index is 14.5. The van der Waals surface area contributed by atoms with E-state index in [-0.39, 0.29) is 22.7 Å². The van der Waals surface area contributed by atoms with Crippen LogP contribution in [0.4, 0.5) is 23.4 Å². The minimum atomic E-state index is -4.81. The van der Waals surface area contributed by atoms with E-state index < -0.39 is 34.6 Å². The molecular formula is C33H35F4N5O3. The van der Waals surface area contributed by atoms with Gasteiger partial charge in [0.2, 0.25) is 0 Å². The molecule has 0 radical (unpaired) electrons. The number of carbonyl (C=O) groups is 2. The Kier molecular flexibility index (Phi) is 7.70. The van der Waals surface area contributed by atoms with Crippen molar-refractivity contribution in [2.75, 3.05) is 24.5 Å². The van der Waals surface area contributed by atoms with Crippen LogP contribution in [-0.4, -0.2) is 61.6 Å². The van der Waals surface area contributed by atoms with Crippen LogP contribution >= 0.6 is 0 Å². The Morgan fingerprint density at radius 3 is 2.22 bits per heavy atom. The number of carbonyl (C=O) groups excluding carboxylic acids is 1. The molecule has 1 aliphatic rings. The molecule has 0 saturated carbocycles. The van der Waals surface area contributed by atoms with Gasteiger partial charge in [-0.2, -0.15) is 13.2 Å². The van der Waals surface area contributed by atoms with Gasteiger partial charge in [-0.3, -0.25) is 4.79 Å². The van der Waals surface area contributed by atoms with Crippen LogP contribution in [0.1, 0.15) is 72.3 Å². The predicted molar refractivity (Wildman–Crippen MR) is 163 cm³/mol. The fraction of sp³-hybridized carbons (Fsp3) is 0.394. The van der Waals surface area contributed by atoms with Crippen LogP contribution in [0.3, 0.4) is 0 Å². The van der Waals surface area contributed by atoms with Gasteiger partial charge in [0.15, 0.2) is 0 Å². The van der Waals surface area contributed by atoms with E-state index in [1.165, 1.54) is 6.07 Å². The van der Waals surface area contributed by atoms with E-state index in [2.05, 4.69) is 4.98 Å². The molecule has 0 atom stereocenters. The van der Waals surface area contributed by atoms with Gasteiger partial charge >= 0.3 is 12.1 Å². The van der Waals surface area contributed by atoms with Crippen molar-refractivity contribution in [3.8, 4) is 11.1 Å². The van der Waals surface area contributed by atoms with Gasteiger partial charge in [-0.25, -0.2) is 19.2 Å². The fourth-order valence-electron chi connectivity index (χ4n) is 6.04. The molecule has 0 aliphatic carbocycles. The number of aryl methyl sites for hydroxylation is 2. The second-order valence-electron chi connectivity index (χ2n) is 13.1. The molecule has 8 nitrogen and oxygen atoms in total. The summed E-state index contributed by atoms with van der Waals surface area (Å²) in [4.78, 5) is 38.6. The number of pyridine rings is 2. The standard InChI is InChI=1S/C33H35F4N5O3/c1-18-14-26(38-19(2)27(18)30(44)45)40-12-13-41(32(6,7)17-40)29(43)25-11-9-21-22(16-42(28(21)39-25)31(3,4)5)20-8-10-23(24(34)15-20)33(35,36)37/h8-11,14-16H,12-13,17H2,1-7H3,(H,44,45). The largest absolute Gasteiger partial charge is 0.478 e. The molecule has 238 valence electrons. The molecule has 1 saturated heterocycles. The number of amides is 1. The first kappa shape index (κ1) is 31.9. The maximum absolute atomic E-state index is 14.5. The number of hydrogen-bond acceptors (Lipinski definition) is 5. The summed E-state index contributed by atoms with van der Waals surface area (Å²) in [5.74, 6) is -2.03. The summed E-state index contributed by atoms with van der Waals surface area (Å²) in [7, 11) is 0. The van der Waals surface area contributed by atoms with Gasteiger partial charge in [0.1, 0.15) is 23.0 Å². The Morgan fingerprint density at radius 2 is 1.67 bits per heavy atom. The average Bonchev–Trinajstić information content (AvgIpc) is 3.30. The zero-order valence-corrected chi connectivity index (χ0v) is 26.2. The highest BCUT2D eigenvalue weighted by atomic mass is 19.4. The Bertz CT molecular complexity index is 1820. The van der Waals surface area contributed by atoms with Gasteiger partial charge in [0.05, 0.1) is 22.4 Å². The molecule has 1 amide bonds. The number of alkyl halides is 3. The number of anilines is 1. The van der Waals surface area contributed by atoms with E-state index in [0.29, 0.717) is 53.3 Å². The lowest BCUT2D eigenvalue weighted by Gasteiger charge is -2.47. The molecule has 4 aromatic rings. The monoisotopic (exact) mass is 625 g/mol. The molecule has 4 heterocycles. The Morgan fingerprint density at radius 1 is 0.978 bits per heavy atom. The van der Waals surface area contributed by atoms with E-state index in [1.54, 1.807) is 43.1 Å². The number of aromatic carboxylic acids is 1. The van der Waals surface area contributed by atoms with Crippen molar-refractivity contribution in [3.63, 3.8) is 0 Å². The quantitative estimate of drug-likeness (QED) is 0.244. The highest BCUT2D eigenvalue weighted by Crippen LogP contribution is 2.38. The van der Waals surface area contributed by atoms with Gasteiger partial charge < -0.3 is 19.5 Å². The number of piperazine rings is 1. The first-order chi connectivity index (χ1) is 20.8. The summed E-state index contributed by atoms with van der Waals surface area (Å²) in [6.07, 6.45) is -3.08. The fourth-order valence-corrected chi connectivity index (χ4v) is 6.04. The smallest absolute Gasteiger partial charge is 0.419 e. The van der Waals surface area contributed by atoms with Gasteiger partial charge in [0, 0.05) is 42.3 Å². The second-order valence-corrected chi connectivity index (χ2v) is 13.1. The normalized spacial score (nSPS) is 15.5. The van der Waals surface area contributed by atoms with E-state index in [1.807, 2.05) is 44.1 Å². The summed E-state index contributed by atoms with van der Waals surface area (Å²) in [6.45, 7) is 14.4. The minimum Gasteiger partial charge on any atom is -0.478 e. The first-order valence-corrected chi connectivity index (χ1v) is 14.5. The van der Waals surface area contributed by atoms with Crippen molar-refractivity contribution in [1.82, 2.24) is 19.4 Å². The van der Waals surface area contributed by atoms with Crippen LogP contribution in [0, 0.1) is 19.7 Å². The molecule has 5 rings (SSSR count). The molecule has 3 aromatic heterocycles. The lowest BCUT2D eigenvalue weighted by molar-refractivity contribution is -0.140. The number of nitrogens with zero attached hydrogens (tertiary/aromatic N) is 5. The molecule has 1 aromatic carbocycles. The first-order valence-electron chi connectivity index (χ1n) is 14.5. The Hall–Kier alpha value is -4.48. The Balaban J connectivity index is 1.48. The predicted octanol–water partition coefficient (Wildman–Crippen LogP) is 7.07. The lowest BCUT2D eigenvalue weighted by atomic mass is 9.97. The third kappa shape index (κ3) is 5.85. The summed E-state index contributed by atoms with van der Waals surface area (Å²) < 4.78 is 55.9. The highest BCUT2D eigenvalue weighted by molar-refractivity contribution is 5.99. The van der Waals surface area contributed by atoms with E-state index in [9.17, 15) is 32.3 Å².